The number of nitrogens with zero attached hydrogens (tertiary/aromatic N) is 1. The fraction of sp³-hybridized carbons (Fsp3) is 0.545. The van der Waals surface area contributed by atoms with Gasteiger partial charge in [0.1, 0.15) is 0 Å². The Hall–Kier alpha value is -1.09. The third-order valence-electron chi connectivity index (χ3n) is 2.55. The summed E-state index contributed by atoms with van der Waals surface area (Å²) in [5, 5.41) is 3.45. The number of ether oxygens (including phenoxy) is 1. The highest BCUT2D eigenvalue weighted by atomic mass is 16.5. The molecule has 0 saturated heterocycles. The Balaban J connectivity index is 1.93. The molecule has 0 aliphatic heterocycles. The highest BCUT2D eigenvalue weighted by Crippen LogP contribution is 2.34. The zero-order valence-corrected chi connectivity index (χ0v) is 8.44. The SMILES string of the molecule is COCC(Nc1cccnc1)C1CC1. The van der Waals surface area contributed by atoms with E-state index >= 15 is 0 Å². The summed E-state index contributed by atoms with van der Waals surface area (Å²) in [6, 6.07) is 4.43. The Morgan fingerprint density at radius 2 is 2.50 bits per heavy atom. The molecule has 0 radical (unpaired) electrons. The first-order valence-corrected chi connectivity index (χ1v) is 5.05. The molecule has 3 nitrogen and oxygen atoms in total. The lowest BCUT2D eigenvalue weighted by atomic mass is 10.2. The number of hydrogen-bond acceptors (Lipinski definition) is 3. The monoisotopic (exact) mass is 192 g/mol. The summed E-state index contributed by atoms with van der Waals surface area (Å²) in [5.41, 5.74) is 1.08. The first-order valence-electron chi connectivity index (χ1n) is 5.05. The van der Waals surface area contributed by atoms with Gasteiger partial charge in [0.05, 0.1) is 18.3 Å². The second kappa shape index (κ2) is 4.42. The smallest absolute Gasteiger partial charge is 0.0666 e. The largest absolute Gasteiger partial charge is 0.383 e. The van der Waals surface area contributed by atoms with E-state index in [1.807, 2.05) is 18.3 Å². The second-order valence-electron chi connectivity index (χ2n) is 3.79. The summed E-state index contributed by atoms with van der Waals surface area (Å²) in [7, 11) is 1.75. The van der Waals surface area contributed by atoms with Gasteiger partial charge >= 0.3 is 0 Å². The predicted octanol–water partition coefficient (Wildman–Crippen LogP) is 1.92. The van der Waals surface area contributed by atoms with Crippen molar-refractivity contribution < 1.29 is 4.74 Å². The molecule has 1 N–H and O–H groups in total. The number of anilines is 1. The van der Waals surface area contributed by atoms with Crippen LogP contribution in [-0.4, -0.2) is 24.7 Å². The molecule has 1 unspecified atom stereocenters. The zero-order valence-electron chi connectivity index (χ0n) is 8.44. The molecule has 1 saturated carbocycles. The van der Waals surface area contributed by atoms with Crippen molar-refractivity contribution >= 4 is 5.69 Å². The normalized spacial score (nSPS) is 17.8. The van der Waals surface area contributed by atoms with Gasteiger partial charge in [0, 0.05) is 19.5 Å². The Bertz CT molecular complexity index is 272. The van der Waals surface area contributed by atoms with Crippen molar-refractivity contribution in [2.45, 2.75) is 18.9 Å². The summed E-state index contributed by atoms with van der Waals surface area (Å²) in [6.07, 6.45) is 6.28. The van der Waals surface area contributed by atoms with Gasteiger partial charge in [-0.25, -0.2) is 0 Å². The minimum atomic E-state index is 0.448. The van der Waals surface area contributed by atoms with Gasteiger partial charge in [0.25, 0.3) is 0 Å². The lowest BCUT2D eigenvalue weighted by Gasteiger charge is -2.18. The van der Waals surface area contributed by atoms with Crippen LogP contribution in [-0.2, 0) is 4.74 Å². The summed E-state index contributed by atoms with van der Waals surface area (Å²) >= 11 is 0. The van der Waals surface area contributed by atoms with Crippen molar-refractivity contribution in [3.05, 3.63) is 24.5 Å². The van der Waals surface area contributed by atoms with Crippen LogP contribution < -0.4 is 5.32 Å². The first kappa shape index (κ1) is 9.46. The topological polar surface area (TPSA) is 34.1 Å². The first-order chi connectivity index (χ1) is 6.90. The van der Waals surface area contributed by atoms with Gasteiger partial charge in [-0.05, 0) is 30.9 Å². The van der Waals surface area contributed by atoms with Crippen LogP contribution in [0.3, 0.4) is 0 Å². The van der Waals surface area contributed by atoms with Crippen molar-refractivity contribution in [3.8, 4) is 0 Å². The van der Waals surface area contributed by atoms with Gasteiger partial charge in [0.15, 0.2) is 0 Å². The van der Waals surface area contributed by atoms with Gasteiger partial charge in [-0.1, -0.05) is 0 Å². The van der Waals surface area contributed by atoms with E-state index in [-0.39, 0.29) is 0 Å². The molecule has 1 aliphatic rings. The number of aromatic nitrogens is 1. The molecular formula is C11H16N2O. The van der Waals surface area contributed by atoms with Gasteiger partial charge in [0.2, 0.25) is 0 Å². The molecule has 1 heterocycles. The Kier molecular flexibility index (Phi) is 2.99. The highest BCUT2D eigenvalue weighted by Gasteiger charge is 2.30. The van der Waals surface area contributed by atoms with E-state index in [4.69, 9.17) is 4.74 Å². The highest BCUT2D eigenvalue weighted by molar-refractivity contribution is 5.41. The Morgan fingerprint density at radius 1 is 1.64 bits per heavy atom. The lowest BCUT2D eigenvalue weighted by Crippen LogP contribution is -2.27. The van der Waals surface area contributed by atoms with Crippen LogP contribution in [0.25, 0.3) is 0 Å². The van der Waals surface area contributed by atoms with E-state index in [1.54, 1.807) is 13.3 Å². The molecule has 1 aliphatic carbocycles. The third kappa shape index (κ3) is 2.45. The lowest BCUT2D eigenvalue weighted by molar-refractivity contribution is 0.179. The molecule has 1 atom stereocenters. The molecule has 2 rings (SSSR count). The summed E-state index contributed by atoms with van der Waals surface area (Å²) in [6.45, 7) is 0.777. The summed E-state index contributed by atoms with van der Waals surface area (Å²) in [4.78, 5) is 4.07. The predicted molar refractivity (Wildman–Crippen MR) is 56.2 cm³/mol. The molecule has 76 valence electrons. The maximum absolute atomic E-state index is 5.19. The van der Waals surface area contributed by atoms with E-state index in [1.165, 1.54) is 12.8 Å². The van der Waals surface area contributed by atoms with Crippen LogP contribution >= 0.6 is 0 Å². The third-order valence-corrected chi connectivity index (χ3v) is 2.55. The molecule has 1 aromatic heterocycles. The van der Waals surface area contributed by atoms with E-state index < -0.39 is 0 Å². The Labute approximate surface area is 84.5 Å². The van der Waals surface area contributed by atoms with Crippen molar-refractivity contribution in [1.29, 1.82) is 0 Å². The van der Waals surface area contributed by atoms with Crippen LogP contribution in [0.5, 0.6) is 0 Å². The molecule has 3 heteroatoms. The van der Waals surface area contributed by atoms with Crippen LogP contribution in [0.2, 0.25) is 0 Å². The summed E-state index contributed by atoms with van der Waals surface area (Å²) < 4.78 is 5.19. The average molecular weight is 192 g/mol. The van der Waals surface area contributed by atoms with Crippen LogP contribution in [0.1, 0.15) is 12.8 Å². The van der Waals surface area contributed by atoms with Gasteiger partial charge in [-0.2, -0.15) is 0 Å². The van der Waals surface area contributed by atoms with Crippen molar-refractivity contribution in [3.63, 3.8) is 0 Å². The molecule has 0 aromatic carbocycles. The van der Waals surface area contributed by atoms with E-state index in [9.17, 15) is 0 Å². The fourth-order valence-electron chi connectivity index (χ4n) is 1.64. The quantitative estimate of drug-likeness (QED) is 0.774. The number of rotatable bonds is 5. The number of pyridine rings is 1. The number of methoxy groups -OCH3 is 1. The average Bonchev–Trinajstić information content (AvgIpc) is 3.02. The van der Waals surface area contributed by atoms with Crippen molar-refractivity contribution in [1.82, 2.24) is 4.98 Å². The fourth-order valence-corrected chi connectivity index (χ4v) is 1.64. The van der Waals surface area contributed by atoms with E-state index in [0.29, 0.717) is 6.04 Å². The maximum atomic E-state index is 5.19. The molecule has 0 bridgehead atoms. The maximum Gasteiger partial charge on any atom is 0.0666 e. The molecule has 0 amide bonds. The van der Waals surface area contributed by atoms with Gasteiger partial charge in [-0.3, -0.25) is 4.98 Å². The molecule has 1 aromatic rings. The zero-order chi connectivity index (χ0) is 9.80. The number of hydrogen-bond donors (Lipinski definition) is 1. The van der Waals surface area contributed by atoms with Crippen molar-refractivity contribution in [2.75, 3.05) is 19.0 Å². The second-order valence-corrected chi connectivity index (χ2v) is 3.79. The standard InChI is InChI=1S/C11H16N2O/c1-14-8-11(9-4-5-9)13-10-3-2-6-12-7-10/h2-3,6-7,9,11,13H,4-5,8H2,1H3. The van der Waals surface area contributed by atoms with E-state index in [0.717, 1.165) is 18.2 Å². The van der Waals surface area contributed by atoms with Gasteiger partial charge in [-0.15, -0.1) is 0 Å². The van der Waals surface area contributed by atoms with Crippen LogP contribution in [0.15, 0.2) is 24.5 Å². The van der Waals surface area contributed by atoms with Gasteiger partial charge < -0.3 is 10.1 Å². The van der Waals surface area contributed by atoms with Crippen LogP contribution in [0.4, 0.5) is 5.69 Å². The van der Waals surface area contributed by atoms with Crippen molar-refractivity contribution in [2.24, 2.45) is 5.92 Å². The minimum absolute atomic E-state index is 0.448. The molecular weight excluding hydrogens is 176 g/mol. The van der Waals surface area contributed by atoms with E-state index in [2.05, 4.69) is 10.3 Å². The number of nitrogens with one attached hydrogen (secondary N) is 1. The minimum Gasteiger partial charge on any atom is -0.383 e. The molecule has 1 fully saturated rings. The molecule has 0 spiro atoms. The molecule has 14 heavy (non-hydrogen) atoms. The van der Waals surface area contributed by atoms with Crippen LogP contribution in [0, 0.1) is 5.92 Å². The Morgan fingerprint density at radius 3 is 3.07 bits per heavy atom. The summed E-state index contributed by atoms with van der Waals surface area (Å²) in [5.74, 6) is 0.787.